The highest BCUT2D eigenvalue weighted by molar-refractivity contribution is 7.16. The molecule has 25 heavy (non-hydrogen) atoms. The fourth-order valence-electron chi connectivity index (χ4n) is 2.75. The summed E-state index contributed by atoms with van der Waals surface area (Å²) in [7, 11) is 0. The van der Waals surface area contributed by atoms with Gasteiger partial charge in [0.25, 0.3) is 5.91 Å². The van der Waals surface area contributed by atoms with Crippen molar-refractivity contribution in [3.63, 3.8) is 0 Å². The largest absolute Gasteiger partial charge is 0.462 e. The van der Waals surface area contributed by atoms with E-state index >= 15 is 0 Å². The molecule has 0 fully saturated rings. The van der Waals surface area contributed by atoms with Crippen molar-refractivity contribution in [1.82, 2.24) is 5.32 Å². The van der Waals surface area contributed by atoms with E-state index < -0.39 is 0 Å². The molecule has 1 atom stereocenters. The zero-order chi connectivity index (χ0) is 17.6. The summed E-state index contributed by atoms with van der Waals surface area (Å²) in [4.78, 5) is 13.9. The molecule has 1 amide bonds. The Morgan fingerprint density at radius 1 is 1.36 bits per heavy atom. The highest BCUT2D eigenvalue weighted by atomic mass is 32.1. The summed E-state index contributed by atoms with van der Waals surface area (Å²) in [6.07, 6.45) is 4.13. The Labute approximate surface area is 151 Å². The first-order chi connectivity index (χ1) is 12.2. The normalized spacial score (nSPS) is 14.4. The first-order valence-electron chi connectivity index (χ1n) is 8.34. The van der Waals surface area contributed by atoms with E-state index in [0.717, 1.165) is 23.3 Å². The fraction of sp³-hybridized carbons (Fsp3) is 0.316. The molecule has 0 bridgehead atoms. The third-order valence-electron chi connectivity index (χ3n) is 3.98. The van der Waals surface area contributed by atoms with E-state index in [9.17, 15) is 4.79 Å². The number of thiophene rings is 1. The minimum atomic E-state index is -0.300. The Morgan fingerprint density at radius 3 is 2.84 bits per heavy atom. The lowest BCUT2D eigenvalue weighted by atomic mass is 10.0. The van der Waals surface area contributed by atoms with Crippen LogP contribution in [0.25, 0.3) is 0 Å². The highest BCUT2D eigenvalue weighted by Gasteiger charge is 2.24. The minimum Gasteiger partial charge on any atom is -0.462 e. The van der Waals surface area contributed by atoms with E-state index in [2.05, 4.69) is 12.2 Å². The van der Waals surface area contributed by atoms with Gasteiger partial charge in [0, 0.05) is 11.3 Å². The van der Waals surface area contributed by atoms with Gasteiger partial charge < -0.3 is 20.5 Å². The molecule has 6 heteroatoms. The van der Waals surface area contributed by atoms with Gasteiger partial charge in [-0.25, -0.2) is 0 Å². The molecular weight excluding hydrogens is 336 g/mol. The second kappa shape index (κ2) is 8.07. The van der Waals surface area contributed by atoms with Crippen LogP contribution in [0.2, 0.25) is 0 Å². The van der Waals surface area contributed by atoms with Crippen LogP contribution >= 0.6 is 11.3 Å². The van der Waals surface area contributed by atoms with E-state index in [1.54, 1.807) is 6.26 Å². The molecule has 1 unspecified atom stereocenters. The van der Waals surface area contributed by atoms with Crippen molar-refractivity contribution in [2.24, 2.45) is 0 Å². The van der Waals surface area contributed by atoms with Crippen LogP contribution < -0.4 is 11.1 Å². The number of hydrogen-bond acceptors (Lipinski definition) is 5. The number of nitrogen functional groups attached to an aromatic ring is 1. The molecule has 0 aliphatic carbocycles. The molecule has 1 aliphatic heterocycles. The summed E-state index contributed by atoms with van der Waals surface area (Å²) < 4.78 is 10.7. The second-order valence-corrected chi connectivity index (χ2v) is 7.07. The van der Waals surface area contributed by atoms with Gasteiger partial charge in [-0.1, -0.05) is 43.7 Å². The zero-order valence-electron chi connectivity index (χ0n) is 14.2. The lowest BCUT2D eigenvalue weighted by molar-refractivity contribution is 0.0706. The molecule has 2 aromatic rings. The lowest BCUT2D eigenvalue weighted by Gasteiger charge is -2.18. The quantitative estimate of drug-likeness (QED) is 0.795. The molecule has 0 saturated carbocycles. The van der Waals surface area contributed by atoms with Gasteiger partial charge in [0.15, 0.2) is 5.76 Å². The topological polar surface area (TPSA) is 73.6 Å². The molecular formula is C19H22N2O3S. The number of rotatable bonds is 7. The van der Waals surface area contributed by atoms with Gasteiger partial charge in [0.1, 0.15) is 6.26 Å². The summed E-state index contributed by atoms with van der Waals surface area (Å²) in [5, 5.41) is 3.59. The van der Waals surface area contributed by atoms with Crippen LogP contribution in [0.5, 0.6) is 0 Å². The third-order valence-corrected chi connectivity index (χ3v) is 5.00. The van der Waals surface area contributed by atoms with Crippen LogP contribution in [-0.2, 0) is 22.3 Å². The Hall–Kier alpha value is -2.47. The molecule has 5 nitrogen and oxygen atoms in total. The number of ether oxygens (including phenoxy) is 2. The molecule has 1 aromatic carbocycles. The zero-order valence-corrected chi connectivity index (χ0v) is 15.0. The standard InChI is InChI=1S/C19H22N2O3S/c1-2-6-14-10-15(18(20)25-14)19(22)21-16(17-11-23-12-24-17)9-13-7-4-3-5-8-13/h3-5,7-8,10-11,16H,2,6,9,12,20H2,1H3,(H,21,22). The van der Waals surface area contributed by atoms with E-state index in [-0.39, 0.29) is 18.7 Å². The number of amides is 1. The Kier molecular flexibility index (Phi) is 5.60. The summed E-state index contributed by atoms with van der Waals surface area (Å²) in [6.45, 7) is 2.28. The minimum absolute atomic E-state index is 0.178. The maximum absolute atomic E-state index is 12.7. The Morgan fingerprint density at radius 2 is 2.16 bits per heavy atom. The van der Waals surface area contributed by atoms with Gasteiger partial charge in [-0.2, -0.15) is 0 Å². The molecule has 3 rings (SSSR count). The average Bonchev–Trinajstić information content (AvgIpc) is 3.25. The monoisotopic (exact) mass is 358 g/mol. The number of nitrogens with two attached hydrogens (primary N) is 1. The second-order valence-electron chi connectivity index (χ2n) is 5.91. The highest BCUT2D eigenvalue weighted by Crippen LogP contribution is 2.26. The molecule has 1 aliphatic rings. The van der Waals surface area contributed by atoms with Crippen LogP contribution in [-0.4, -0.2) is 18.7 Å². The maximum Gasteiger partial charge on any atom is 0.254 e. The van der Waals surface area contributed by atoms with Crippen molar-refractivity contribution < 1.29 is 14.3 Å². The first-order valence-corrected chi connectivity index (χ1v) is 9.16. The SMILES string of the molecule is CCCc1cc(C(=O)NC(Cc2ccccc2)C2=COCO2)c(N)s1. The lowest BCUT2D eigenvalue weighted by Crippen LogP contribution is -2.38. The van der Waals surface area contributed by atoms with Gasteiger partial charge >= 0.3 is 0 Å². The third kappa shape index (κ3) is 4.33. The number of aryl methyl sites for hydroxylation is 1. The van der Waals surface area contributed by atoms with Crippen molar-refractivity contribution in [3.05, 3.63) is 64.4 Å². The van der Waals surface area contributed by atoms with Crippen LogP contribution in [0, 0.1) is 0 Å². The number of benzene rings is 1. The van der Waals surface area contributed by atoms with Crippen molar-refractivity contribution in [3.8, 4) is 0 Å². The van der Waals surface area contributed by atoms with Gasteiger partial charge in [0.2, 0.25) is 6.79 Å². The van der Waals surface area contributed by atoms with Crippen molar-refractivity contribution in [1.29, 1.82) is 0 Å². The van der Waals surface area contributed by atoms with Crippen molar-refractivity contribution in [2.75, 3.05) is 12.5 Å². The summed E-state index contributed by atoms with van der Waals surface area (Å²) in [6, 6.07) is 11.5. The van der Waals surface area contributed by atoms with E-state index in [1.165, 1.54) is 11.3 Å². The van der Waals surface area contributed by atoms with Crippen LogP contribution in [0.4, 0.5) is 5.00 Å². The Balaban J connectivity index is 1.76. The molecule has 0 saturated heterocycles. The molecule has 3 N–H and O–H groups in total. The molecule has 2 heterocycles. The van der Waals surface area contributed by atoms with Crippen LogP contribution in [0.15, 0.2) is 48.4 Å². The molecule has 132 valence electrons. The smallest absolute Gasteiger partial charge is 0.254 e. The summed E-state index contributed by atoms with van der Waals surface area (Å²) >= 11 is 1.48. The number of hydrogen-bond donors (Lipinski definition) is 2. The van der Waals surface area contributed by atoms with Crippen molar-refractivity contribution in [2.45, 2.75) is 32.2 Å². The van der Waals surface area contributed by atoms with Gasteiger partial charge in [-0.05, 0) is 18.1 Å². The van der Waals surface area contributed by atoms with Gasteiger partial charge in [-0.3, -0.25) is 4.79 Å². The van der Waals surface area contributed by atoms with E-state index in [1.807, 2.05) is 36.4 Å². The number of carbonyl (C=O) groups is 1. The predicted molar refractivity (Wildman–Crippen MR) is 99.2 cm³/mol. The number of carbonyl (C=O) groups excluding carboxylic acids is 1. The summed E-state index contributed by atoms with van der Waals surface area (Å²) in [5.41, 5.74) is 7.68. The van der Waals surface area contributed by atoms with Gasteiger partial charge in [-0.15, -0.1) is 11.3 Å². The van der Waals surface area contributed by atoms with Crippen LogP contribution in [0.1, 0.15) is 34.1 Å². The molecule has 0 radical (unpaired) electrons. The fourth-order valence-corrected chi connectivity index (χ4v) is 3.78. The van der Waals surface area contributed by atoms with E-state index in [4.69, 9.17) is 15.2 Å². The average molecular weight is 358 g/mol. The van der Waals surface area contributed by atoms with Gasteiger partial charge in [0.05, 0.1) is 16.6 Å². The number of nitrogens with one attached hydrogen (secondary N) is 1. The van der Waals surface area contributed by atoms with E-state index in [0.29, 0.717) is 22.7 Å². The Bertz CT molecular complexity index is 755. The summed E-state index contributed by atoms with van der Waals surface area (Å²) in [5.74, 6) is 0.438. The maximum atomic E-state index is 12.7. The van der Waals surface area contributed by atoms with Crippen molar-refractivity contribution >= 4 is 22.2 Å². The molecule has 0 spiro atoms. The molecule has 1 aromatic heterocycles. The van der Waals surface area contributed by atoms with Crippen LogP contribution in [0.3, 0.4) is 0 Å². The first kappa shape index (κ1) is 17.4. The number of anilines is 1. The predicted octanol–water partition coefficient (Wildman–Crippen LogP) is 3.47.